The van der Waals surface area contributed by atoms with E-state index in [1.165, 1.54) is 12.1 Å². The van der Waals surface area contributed by atoms with Crippen molar-refractivity contribution in [2.45, 2.75) is 19.6 Å². The van der Waals surface area contributed by atoms with Gasteiger partial charge in [0.15, 0.2) is 0 Å². The molecular formula is C13H13ClF3N3. The van der Waals surface area contributed by atoms with Gasteiger partial charge in [-0.2, -0.15) is 13.2 Å². The summed E-state index contributed by atoms with van der Waals surface area (Å²) in [5, 5.41) is 2.85. The number of anilines is 1. The molecular weight excluding hydrogens is 291 g/mol. The highest BCUT2D eigenvalue weighted by Crippen LogP contribution is 2.36. The first-order valence-corrected chi connectivity index (χ1v) is 6.34. The maximum Gasteiger partial charge on any atom is 0.418 e. The number of benzene rings is 1. The minimum atomic E-state index is -4.43. The van der Waals surface area contributed by atoms with Gasteiger partial charge in [-0.25, -0.2) is 4.98 Å². The molecule has 108 valence electrons. The van der Waals surface area contributed by atoms with Crippen LogP contribution in [0.25, 0.3) is 0 Å². The van der Waals surface area contributed by atoms with Gasteiger partial charge in [-0.15, -0.1) is 0 Å². The van der Waals surface area contributed by atoms with Gasteiger partial charge in [0, 0.05) is 36.2 Å². The zero-order valence-corrected chi connectivity index (χ0v) is 11.5. The van der Waals surface area contributed by atoms with Crippen LogP contribution in [0.5, 0.6) is 0 Å². The Hall–Kier alpha value is -1.69. The summed E-state index contributed by atoms with van der Waals surface area (Å²) in [6, 6.07) is 3.69. The highest BCUT2D eigenvalue weighted by atomic mass is 35.5. The average molecular weight is 304 g/mol. The van der Waals surface area contributed by atoms with Crippen LogP contribution in [0.2, 0.25) is 5.02 Å². The fourth-order valence-electron chi connectivity index (χ4n) is 1.86. The van der Waals surface area contributed by atoms with Gasteiger partial charge in [0.1, 0.15) is 5.82 Å². The predicted octanol–water partition coefficient (Wildman–Crippen LogP) is 3.98. The smallest absolute Gasteiger partial charge is 0.383 e. The second kappa shape index (κ2) is 5.75. The number of aromatic nitrogens is 2. The van der Waals surface area contributed by atoms with Crippen LogP contribution in [-0.2, 0) is 12.7 Å². The van der Waals surface area contributed by atoms with E-state index >= 15 is 0 Å². The SMILES string of the molecule is Cc1nccn1CCNc1ccc(Cl)cc1C(F)(F)F. The molecule has 2 rings (SSSR count). The zero-order chi connectivity index (χ0) is 14.8. The number of aryl methyl sites for hydroxylation is 1. The first kappa shape index (κ1) is 14.7. The second-order valence-electron chi connectivity index (χ2n) is 4.28. The maximum atomic E-state index is 12.9. The van der Waals surface area contributed by atoms with Crippen molar-refractivity contribution in [3.63, 3.8) is 0 Å². The van der Waals surface area contributed by atoms with Gasteiger partial charge in [-0.3, -0.25) is 0 Å². The summed E-state index contributed by atoms with van der Waals surface area (Å²) < 4.78 is 40.5. The molecule has 0 amide bonds. The average Bonchev–Trinajstić information content (AvgIpc) is 2.76. The molecule has 0 saturated carbocycles. The molecule has 3 nitrogen and oxygen atoms in total. The van der Waals surface area contributed by atoms with Crippen molar-refractivity contribution >= 4 is 17.3 Å². The number of rotatable bonds is 4. The van der Waals surface area contributed by atoms with Gasteiger partial charge in [-0.1, -0.05) is 11.6 Å². The van der Waals surface area contributed by atoms with Gasteiger partial charge in [0.05, 0.1) is 5.56 Å². The minimum Gasteiger partial charge on any atom is -0.383 e. The Labute approximate surface area is 119 Å². The molecule has 0 fully saturated rings. The van der Waals surface area contributed by atoms with E-state index in [0.29, 0.717) is 13.1 Å². The fourth-order valence-corrected chi connectivity index (χ4v) is 2.03. The summed E-state index contributed by atoms with van der Waals surface area (Å²) in [4.78, 5) is 4.05. The van der Waals surface area contributed by atoms with Crippen LogP contribution in [0, 0.1) is 6.92 Å². The first-order valence-electron chi connectivity index (χ1n) is 5.96. The van der Waals surface area contributed by atoms with Gasteiger partial charge in [0.25, 0.3) is 0 Å². The Morgan fingerprint density at radius 1 is 1.35 bits per heavy atom. The van der Waals surface area contributed by atoms with Gasteiger partial charge >= 0.3 is 6.18 Å². The second-order valence-corrected chi connectivity index (χ2v) is 4.72. The maximum absolute atomic E-state index is 12.9. The molecule has 7 heteroatoms. The Kier molecular flexibility index (Phi) is 4.23. The number of nitrogens with one attached hydrogen (secondary N) is 1. The lowest BCUT2D eigenvalue weighted by molar-refractivity contribution is -0.136. The Morgan fingerprint density at radius 2 is 2.10 bits per heavy atom. The third-order valence-electron chi connectivity index (χ3n) is 2.88. The van der Waals surface area contributed by atoms with Crippen molar-refractivity contribution in [3.8, 4) is 0 Å². The van der Waals surface area contributed by atoms with Gasteiger partial charge < -0.3 is 9.88 Å². The minimum absolute atomic E-state index is 0.0275. The Morgan fingerprint density at radius 3 is 2.70 bits per heavy atom. The molecule has 0 unspecified atom stereocenters. The molecule has 0 saturated heterocycles. The van der Waals surface area contributed by atoms with Crippen molar-refractivity contribution in [2.75, 3.05) is 11.9 Å². The van der Waals surface area contributed by atoms with E-state index in [1.807, 2.05) is 11.5 Å². The fraction of sp³-hybridized carbons (Fsp3) is 0.308. The molecule has 2 aromatic rings. The first-order chi connectivity index (χ1) is 9.38. The van der Waals surface area contributed by atoms with Crippen LogP contribution < -0.4 is 5.32 Å². The van der Waals surface area contributed by atoms with Crippen LogP contribution in [0.15, 0.2) is 30.6 Å². The standard InChI is InChI=1S/C13H13ClF3N3/c1-9-18-4-6-20(9)7-5-19-12-3-2-10(14)8-11(12)13(15,16)17/h2-4,6,8,19H,5,7H2,1H3. The van der Waals surface area contributed by atoms with Crippen molar-refractivity contribution in [3.05, 3.63) is 47.0 Å². The van der Waals surface area contributed by atoms with Crippen LogP contribution in [0.4, 0.5) is 18.9 Å². The third-order valence-corrected chi connectivity index (χ3v) is 3.11. The summed E-state index contributed by atoms with van der Waals surface area (Å²) in [5.74, 6) is 0.818. The largest absolute Gasteiger partial charge is 0.418 e. The molecule has 1 heterocycles. The lowest BCUT2D eigenvalue weighted by Gasteiger charge is -2.15. The van der Waals surface area contributed by atoms with E-state index < -0.39 is 11.7 Å². The number of hydrogen-bond donors (Lipinski definition) is 1. The number of hydrogen-bond acceptors (Lipinski definition) is 2. The van der Waals surface area contributed by atoms with E-state index in [9.17, 15) is 13.2 Å². The predicted molar refractivity (Wildman–Crippen MR) is 71.9 cm³/mol. The Bertz CT molecular complexity index is 593. The molecule has 0 spiro atoms. The van der Waals surface area contributed by atoms with Crippen LogP contribution >= 0.6 is 11.6 Å². The lowest BCUT2D eigenvalue weighted by atomic mass is 10.1. The van der Waals surface area contributed by atoms with Crippen LogP contribution in [-0.4, -0.2) is 16.1 Å². The molecule has 0 radical (unpaired) electrons. The number of halogens is 4. The summed E-state index contributed by atoms with van der Waals surface area (Å²) in [6.07, 6.45) is -1.000. The normalized spacial score (nSPS) is 11.7. The topological polar surface area (TPSA) is 29.9 Å². The van der Waals surface area contributed by atoms with E-state index in [1.54, 1.807) is 12.4 Å². The molecule has 1 aromatic carbocycles. The van der Waals surface area contributed by atoms with Crippen LogP contribution in [0.1, 0.15) is 11.4 Å². The molecule has 0 aliphatic rings. The van der Waals surface area contributed by atoms with E-state index in [4.69, 9.17) is 11.6 Å². The molecule has 0 bridgehead atoms. The summed E-state index contributed by atoms with van der Waals surface area (Å²) in [5.41, 5.74) is -0.730. The summed E-state index contributed by atoms with van der Waals surface area (Å²) in [6.45, 7) is 2.73. The summed E-state index contributed by atoms with van der Waals surface area (Å²) >= 11 is 5.62. The lowest BCUT2D eigenvalue weighted by Crippen LogP contribution is -2.15. The molecule has 1 N–H and O–H groups in total. The monoisotopic (exact) mass is 303 g/mol. The third kappa shape index (κ3) is 3.45. The molecule has 20 heavy (non-hydrogen) atoms. The van der Waals surface area contributed by atoms with Crippen molar-refractivity contribution in [2.24, 2.45) is 0 Å². The van der Waals surface area contributed by atoms with Crippen molar-refractivity contribution < 1.29 is 13.2 Å². The van der Waals surface area contributed by atoms with E-state index in [0.717, 1.165) is 11.9 Å². The highest BCUT2D eigenvalue weighted by molar-refractivity contribution is 6.30. The van der Waals surface area contributed by atoms with E-state index in [2.05, 4.69) is 10.3 Å². The quantitative estimate of drug-likeness (QED) is 0.926. The molecule has 0 aliphatic carbocycles. The molecule has 1 aromatic heterocycles. The van der Waals surface area contributed by atoms with Crippen LogP contribution in [0.3, 0.4) is 0 Å². The summed E-state index contributed by atoms with van der Waals surface area (Å²) in [7, 11) is 0. The zero-order valence-electron chi connectivity index (χ0n) is 10.7. The van der Waals surface area contributed by atoms with Gasteiger partial charge in [0.2, 0.25) is 0 Å². The van der Waals surface area contributed by atoms with Crippen molar-refractivity contribution in [1.82, 2.24) is 9.55 Å². The number of alkyl halides is 3. The number of imidazole rings is 1. The van der Waals surface area contributed by atoms with E-state index in [-0.39, 0.29) is 10.7 Å². The molecule has 0 aliphatic heterocycles. The van der Waals surface area contributed by atoms with Crippen molar-refractivity contribution in [1.29, 1.82) is 0 Å². The Balaban J connectivity index is 2.08. The molecule has 0 atom stereocenters. The van der Waals surface area contributed by atoms with Gasteiger partial charge in [-0.05, 0) is 25.1 Å². The number of nitrogens with zero attached hydrogens (tertiary/aromatic N) is 2. The highest BCUT2D eigenvalue weighted by Gasteiger charge is 2.33.